The highest BCUT2D eigenvalue weighted by Gasteiger charge is 2.13. The SMILES string of the molecule is CCOC(=O)c1cccc(NCCCC(N)=O)c1N. The van der Waals surface area contributed by atoms with Crippen molar-refractivity contribution in [3.05, 3.63) is 23.8 Å². The first kappa shape index (κ1) is 14.8. The number of hydrogen-bond donors (Lipinski definition) is 3. The van der Waals surface area contributed by atoms with Crippen molar-refractivity contribution in [2.24, 2.45) is 5.73 Å². The quantitative estimate of drug-likeness (QED) is 0.389. The Morgan fingerprint density at radius 1 is 1.37 bits per heavy atom. The molecule has 6 heteroatoms. The summed E-state index contributed by atoms with van der Waals surface area (Å²) in [5, 5.41) is 3.07. The van der Waals surface area contributed by atoms with Gasteiger partial charge in [-0.3, -0.25) is 4.79 Å². The van der Waals surface area contributed by atoms with Gasteiger partial charge in [-0.05, 0) is 25.5 Å². The zero-order valence-electron chi connectivity index (χ0n) is 10.9. The van der Waals surface area contributed by atoms with Crippen molar-refractivity contribution in [2.45, 2.75) is 19.8 Å². The number of nitrogens with one attached hydrogen (secondary N) is 1. The molecule has 104 valence electrons. The summed E-state index contributed by atoms with van der Waals surface area (Å²) in [7, 11) is 0. The molecule has 0 radical (unpaired) electrons. The van der Waals surface area contributed by atoms with E-state index in [2.05, 4.69) is 5.32 Å². The molecule has 1 rings (SSSR count). The highest BCUT2D eigenvalue weighted by atomic mass is 16.5. The van der Waals surface area contributed by atoms with Crippen LogP contribution >= 0.6 is 0 Å². The number of hydrogen-bond acceptors (Lipinski definition) is 5. The molecule has 0 unspecified atom stereocenters. The van der Waals surface area contributed by atoms with Crippen molar-refractivity contribution < 1.29 is 14.3 Å². The molecule has 0 aliphatic carbocycles. The van der Waals surface area contributed by atoms with E-state index in [1.807, 2.05) is 0 Å². The Kier molecular flexibility index (Phi) is 5.66. The smallest absolute Gasteiger partial charge is 0.340 e. The topological polar surface area (TPSA) is 107 Å². The van der Waals surface area contributed by atoms with Gasteiger partial charge in [-0.25, -0.2) is 4.79 Å². The van der Waals surface area contributed by atoms with E-state index >= 15 is 0 Å². The van der Waals surface area contributed by atoms with Crippen LogP contribution in [0.3, 0.4) is 0 Å². The second kappa shape index (κ2) is 7.25. The first-order chi connectivity index (χ1) is 9.06. The number of primary amides is 1. The van der Waals surface area contributed by atoms with Crippen molar-refractivity contribution in [3.63, 3.8) is 0 Å². The molecule has 5 N–H and O–H groups in total. The molecule has 0 aliphatic heterocycles. The molecule has 0 saturated carbocycles. The van der Waals surface area contributed by atoms with Crippen LogP contribution in [0.4, 0.5) is 11.4 Å². The Morgan fingerprint density at radius 2 is 2.11 bits per heavy atom. The van der Waals surface area contributed by atoms with Crippen LogP contribution in [-0.4, -0.2) is 25.0 Å². The predicted octanol–water partition coefficient (Wildman–Crippen LogP) is 1.12. The maximum absolute atomic E-state index is 11.6. The molecular formula is C13H19N3O3. The van der Waals surface area contributed by atoms with Crippen molar-refractivity contribution in [1.29, 1.82) is 0 Å². The fourth-order valence-corrected chi connectivity index (χ4v) is 1.59. The number of carbonyl (C=O) groups is 2. The third-order valence-corrected chi connectivity index (χ3v) is 2.52. The minimum Gasteiger partial charge on any atom is -0.462 e. The van der Waals surface area contributed by atoms with E-state index in [0.29, 0.717) is 42.9 Å². The normalized spacial score (nSPS) is 9.95. The van der Waals surface area contributed by atoms with E-state index in [1.54, 1.807) is 25.1 Å². The zero-order chi connectivity index (χ0) is 14.3. The number of nitrogens with two attached hydrogens (primary N) is 2. The van der Waals surface area contributed by atoms with Gasteiger partial charge in [-0.1, -0.05) is 6.07 Å². The summed E-state index contributed by atoms with van der Waals surface area (Å²) in [6.07, 6.45) is 0.920. The first-order valence-corrected chi connectivity index (χ1v) is 6.14. The van der Waals surface area contributed by atoms with Crippen molar-refractivity contribution in [1.82, 2.24) is 0 Å². The Bertz CT molecular complexity index is 460. The molecule has 1 amide bonds. The monoisotopic (exact) mass is 265 g/mol. The Morgan fingerprint density at radius 3 is 2.74 bits per heavy atom. The minimum atomic E-state index is -0.444. The number of anilines is 2. The summed E-state index contributed by atoms with van der Waals surface area (Å²) >= 11 is 0. The van der Waals surface area contributed by atoms with Gasteiger partial charge in [-0.2, -0.15) is 0 Å². The molecule has 0 aromatic heterocycles. The Labute approximate surface area is 112 Å². The van der Waals surface area contributed by atoms with Crippen LogP contribution in [0.1, 0.15) is 30.1 Å². The van der Waals surface area contributed by atoms with Crippen LogP contribution in [-0.2, 0) is 9.53 Å². The molecule has 0 aliphatic rings. The first-order valence-electron chi connectivity index (χ1n) is 6.14. The number of ether oxygens (including phenoxy) is 1. The number of amides is 1. The lowest BCUT2D eigenvalue weighted by atomic mass is 10.1. The number of rotatable bonds is 7. The van der Waals surface area contributed by atoms with Gasteiger partial charge >= 0.3 is 5.97 Å². The van der Waals surface area contributed by atoms with Crippen LogP contribution in [0.15, 0.2) is 18.2 Å². The zero-order valence-corrected chi connectivity index (χ0v) is 10.9. The van der Waals surface area contributed by atoms with Crippen molar-refractivity contribution in [3.8, 4) is 0 Å². The Balaban J connectivity index is 2.66. The molecule has 1 aromatic rings. The summed E-state index contributed by atoms with van der Waals surface area (Å²) in [5.74, 6) is -0.782. The highest BCUT2D eigenvalue weighted by molar-refractivity contribution is 5.98. The van der Waals surface area contributed by atoms with E-state index in [0.717, 1.165) is 0 Å². The van der Waals surface area contributed by atoms with Crippen LogP contribution in [0.5, 0.6) is 0 Å². The number of esters is 1. The molecule has 0 saturated heterocycles. The lowest BCUT2D eigenvalue weighted by Crippen LogP contribution is -2.14. The average molecular weight is 265 g/mol. The molecule has 1 aromatic carbocycles. The van der Waals surface area contributed by atoms with Gasteiger partial charge in [0.1, 0.15) is 0 Å². The fraction of sp³-hybridized carbons (Fsp3) is 0.385. The lowest BCUT2D eigenvalue weighted by Gasteiger charge is -2.12. The third kappa shape index (κ3) is 4.50. The molecule has 19 heavy (non-hydrogen) atoms. The van der Waals surface area contributed by atoms with Crippen LogP contribution in [0.2, 0.25) is 0 Å². The Hall–Kier alpha value is -2.24. The van der Waals surface area contributed by atoms with Gasteiger partial charge in [0.05, 0.1) is 23.5 Å². The average Bonchev–Trinajstić information content (AvgIpc) is 2.36. The number of carbonyl (C=O) groups excluding carboxylic acids is 2. The second-order valence-electron chi connectivity index (χ2n) is 3.98. The van der Waals surface area contributed by atoms with Gasteiger partial charge in [0.15, 0.2) is 0 Å². The largest absolute Gasteiger partial charge is 0.462 e. The van der Waals surface area contributed by atoms with Gasteiger partial charge < -0.3 is 21.5 Å². The van der Waals surface area contributed by atoms with Crippen LogP contribution < -0.4 is 16.8 Å². The number of para-hydroxylation sites is 1. The third-order valence-electron chi connectivity index (χ3n) is 2.52. The molecule has 6 nitrogen and oxygen atoms in total. The number of benzene rings is 1. The summed E-state index contributed by atoms with van der Waals surface area (Å²) in [6, 6.07) is 5.10. The van der Waals surface area contributed by atoms with Crippen molar-refractivity contribution in [2.75, 3.05) is 24.2 Å². The van der Waals surface area contributed by atoms with Crippen molar-refractivity contribution >= 4 is 23.3 Å². The lowest BCUT2D eigenvalue weighted by molar-refractivity contribution is -0.118. The predicted molar refractivity (Wildman–Crippen MR) is 73.7 cm³/mol. The van der Waals surface area contributed by atoms with Gasteiger partial charge in [0.2, 0.25) is 5.91 Å². The standard InChI is InChI=1S/C13H19N3O3/c1-2-19-13(18)9-5-3-6-10(12(9)15)16-8-4-7-11(14)17/h3,5-6,16H,2,4,7-8,15H2,1H3,(H2,14,17). The van der Waals surface area contributed by atoms with Gasteiger partial charge in [0, 0.05) is 13.0 Å². The van der Waals surface area contributed by atoms with E-state index in [1.165, 1.54) is 0 Å². The molecular weight excluding hydrogens is 246 g/mol. The number of nitrogen functional groups attached to an aromatic ring is 1. The molecule has 0 atom stereocenters. The maximum Gasteiger partial charge on any atom is 0.340 e. The molecule has 0 fully saturated rings. The second-order valence-corrected chi connectivity index (χ2v) is 3.98. The summed E-state index contributed by atoms with van der Waals surface area (Å²) in [5.41, 5.74) is 12.3. The van der Waals surface area contributed by atoms with E-state index in [-0.39, 0.29) is 5.91 Å². The summed E-state index contributed by atoms with van der Waals surface area (Å²) < 4.78 is 4.91. The summed E-state index contributed by atoms with van der Waals surface area (Å²) in [4.78, 5) is 22.2. The molecule has 0 heterocycles. The van der Waals surface area contributed by atoms with E-state index < -0.39 is 5.97 Å². The fourth-order valence-electron chi connectivity index (χ4n) is 1.59. The van der Waals surface area contributed by atoms with Crippen LogP contribution in [0, 0.1) is 0 Å². The van der Waals surface area contributed by atoms with Crippen LogP contribution in [0.25, 0.3) is 0 Å². The summed E-state index contributed by atoms with van der Waals surface area (Å²) in [6.45, 7) is 2.59. The minimum absolute atomic E-state index is 0.300. The van der Waals surface area contributed by atoms with E-state index in [9.17, 15) is 9.59 Å². The molecule has 0 spiro atoms. The van der Waals surface area contributed by atoms with Gasteiger partial charge in [0.25, 0.3) is 0 Å². The van der Waals surface area contributed by atoms with E-state index in [4.69, 9.17) is 16.2 Å². The highest BCUT2D eigenvalue weighted by Crippen LogP contribution is 2.23. The maximum atomic E-state index is 11.6. The molecule has 0 bridgehead atoms. The van der Waals surface area contributed by atoms with Gasteiger partial charge in [-0.15, -0.1) is 0 Å².